The van der Waals surface area contributed by atoms with Gasteiger partial charge in [0, 0.05) is 26.2 Å². The number of amides is 1. The summed E-state index contributed by atoms with van der Waals surface area (Å²) in [6.45, 7) is 5.77. The first kappa shape index (κ1) is 22.6. The van der Waals surface area contributed by atoms with Crippen LogP contribution in [0.1, 0.15) is 51.0 Å². The first-order valence-electron chi connectivity index (χ1n) is 11.5. The number of nitrogens with one attached hydrogen (secondary N) is 2. The van der Waals surface area contributed by atoms with Crippen molar-refractivity contribution in [2.24, 2.45) is 10.9 Å². The van der Waals surface area contributed by atoms with Crippen molar-refractivity contribution in [2.75, 3.05) is 33.7 Å². The summed E-state index contributed by atoms with van der Waals surface area (Å²) in [6.07, 6.45) is 7.49. The van der Waals surface area contributed by atoms with Crippen LogP contribution in [0.2, 0.25) is 0 Å². The zero-order valence-electron chi connectivity index (χ0n) is 18.9. The maximum atomic E-state index is 12.0. The van der Waals surface area contributed by atoms with E-state index in [1.54, 1.807) is 19.0 Å². The molecule has 0 spiro atoms. The van der Waals surface area contributed by atoms with Crippen LogP contribution in [0.5, 0.6) is 0 Å². The second kappa shape index (κ2) is 11.3. The van der Waals surface area contributed by atoms with Crippen molar-refractivity contribution < 1.29 is 4.79 Å². The van der Waals surface area contributed by atoms with E-state index in [0.29, 0.717) is 12.6 Å². The van der Waals surface area contributed by atoms with E-state index in [2.05, 4.69) is 34.6 Å². The molecular weight excluding hydrogens is 374 g/mol. The van der Waals surface area contributed by atoms with Crippen molar-refractivity contribution in [3.8, 4) is 0 Å². The molecule has 3 rings (SSSR count). The van der Waals surface area contributed by atoms with Crippen LogP contribution in [0.15, 0.2) is 35.3 Å². The standard InChI is InChI=1S/C24H39N5O/c1-19-13-15-29(16-14-19)22-11-9-21(10-12-22)27-24(26-18-23(30)28(2)3)25-17-20-7-5-4-6-8-20/h4-8,19,21-22H,9-18H2,1-3H3,(H2,25,26,27). The number of likely N-dealkylation sites (tertiary alicyclic amines) is 1. The molecule has 166 valence electrons. The van der Waals surface area contributed by atoms with Crippen molar-refractivity contribution in [3.63, 3.8) is 0 Å². The van der Waals surface area contributed by atoms with E-state index in [1.165, 1.54) is 44.3 Å². The fourth-order valence-corrected chi connectivity index (χ4v) is 4.40. The van der Waals surface area contributed by atoms with Crippen LogP contribution in [0.25, 0.3) is 0 Å². The third-order valence-electron chi connectivity index (χ3n) is 6.54. The quantitative estimate of drug-likeness (QED) is 0.556. The van der Waals surface area contributed by atoms with Crippen LogP contribution in [0.3, 0.4) is 0 Å². The smallest absolute Gasteiger partial charge is 0.241 e. The van der Waals surface area contributed by atoms with E-state index in [0.717, 1.165) is 30.8 Å². The maximum absolute atomic E-state index is 12.0. The minimum absolute atomic E-state index is 0.0484. The molecule has 2 aliphatic rings. The lowest BCUT2D eigenvalue weighted by Crippen LogP contribution is -2.50. The average Bonchev–Trinajstić information content (AvgIpc) is 2.77. The van der Waals surface area contributed by atoms with Gasteiger partial charge in [-0.3, -0.25) is 4.79 Å². The topological polar surface area (TPSA) is 60.0 Å². The Morgan fingerprint density at radius 1 is 1.07 bits per heavy atom. The fourth-order valence-electron chi connectivity index (χ4n) is 4.40. The van der Waals surface area contributed by atoms with Crippen LogP contribution >= 0.6 is 0 Å². The molecule has 1 heterocycles. The van der Waals surface area contributed by atoms with Crippen molar-refractivity contribution in [2.45, 2.75) is 64.1 Å². The van der Waals surface area contributed by atoms with Crippen LogP contribution in [0, 0.1) is 5.92 Å². The number of carbonyl (C=O) groups is 1. The van der Waals surface area contributed by atoms with Gasteiger partial charge in [0.05, 0.1) is 13.1 Å². The first-order chi connectivity index (χ1) is 14.5. The Balaban J connectivity index is 1.52. The van der Waals surface area contributed by atoms with E-state index in [9.17, 15) is 4.79 Å². The summed E-state index contributed by atoms with van der Waals surface area (Å²) in [4.78, 5) is 21.1. The number of hydrogen-bond donors (Lipinski definition) is 2. The zero-order chi connectivity index (χ0) is 21.3. The molecule has 0 unspecified atom stereocenters. The molecule has 1 aromatic carbocycles. The molecule has 6 heteroatoms. The first-order valence-corrected chi connectivity index (χ1v) is 11.5. The second-order valence-corrected chi connectivity index (χ2v) is 9.16. The summed E-state index contributed by atoms with van der Waals surface area (Å²) in [7, 11) is 3.56. The normalized spacial score (nSPS) is 23.8. The van der Waals surface area contributed by atoms with Gasteiger partial charge in [-0.2, -0.15) is 0 Å². The third-order valence-corrected chi connectivity index (χ3v) is 6.54. The van der Waals surface area contributed by atoms with E-state index in [-0.39, 0.29) is 12.5 Å². The van der Waals surface area contributed by atoms with Gasteiger partial charge in [-0.05, 0) is 63.1 Å². The molecule has 0 radical (unpaired) electrons. The highest BCUT2D eigenvalue weighted by Gasteiger charge is 2.28. The molecule has 0 atom stereocenters. The van der Waals surface area contributed by atoms with Crippen molar-refractivity contribution >= 4 is 11.9 Å². The maximum Gasteiger partial charge on any atom is 0.241 e. The summed E-state index contributed by atoms with van der Waals surface area (Å²) < 4.78 is 0. The van der Waals surface area contributed by atoms with Crippen molar-refractivity contribution in [1.29, 1.82) is 0 Å². The Bertz CT molecular complexity index is 674. The number of likely N-dealkylation sites (N-methyl/N-ethyl adjacent to an activating group) is 1. The Kier molecular flexibility index (Phi) is 8.55. The molecular formula is C24H39N5O. The number of rotatable bonds is 6. The molecule has 2 N–H and O–H groups in total. The van der Waals surface area contributed by atoms with Crippen molar-refractivity contribution in [1.82, 2.24) is 20.4 Å². The molecule has 1 saturated carbocycles. The van der Waals surface area contributed by atoms with Crippen LogP contribution in [-0.4, -0.2) is 67.5 Å². The van der Waals surface area contributed by atoms with Crippen molar-refractivity contribution in [3.05, 3.63) is 35.9 Å². The number of aliphatic imine (C=N–C) groups is 1. The largest absolute Gasteiger partial charge is 0.354 e. The number of piperidine rings is 1. The van der Waals surface area contributed by atoms with Crippen LogP contribution in [0.4, 0.5) is 0 Å². The summed E-state index contributed by atoms with van der Waals surface area (Å²) in [5.74, 6) is 1.68. The van der Waals surface area contributed by atoms with E-state index >= 15 is 0 Å². The van der Waals surface area contributed by atoms with E-state index < -0.39 is 0 Å². The highest BCUT2D eigenvalue weighted by atomic mass is 16.2. The van der Waals surface area contributed by atoms with Gasteiger partial charge in [0.2, 0.25) is 5.91 Å². The average molecular weight is 414 g/mol. The number of nitrogens with zero attached hydrogens (tertiary/aromatic N) is 3. The van der Waals surface area contributed by atoms with Gasteiger partial charge in [0.15, 0.2) is 5.96 Å². The number of carbonyl (C=O) groups excluding carboxylic acids is 1. The highest BCUT2D eigenvalue weighted by Crippen LogP contribution is 2.27. The SMILES string of the molecule is CC1CCN(C2CCC(NC(=NCc3ccccc3)NCC(=O)N(C)C)CC2)CC1. The monoisotopic (exact) mass is 413 g/mol. The Morgan fingerprint density at radius 2 is 1.73 bits per heavy atom. The molecule has 1 aromatic rings. The van der Waals surface area contributed by atoms with Gasteiger partial charge in [-0.15, -0.1) is 0 Å². The predicted molar refractivity (Wildman–Crippen MR) is 123 cm³/mol. The zero-order valence-corrected chi connectivity index (χ0v) is 18.9. The van der Waals surface area contributed by atoms with Gasteiger partial charge in [0.1, 0.15) is 0 Å². The molecule has 0 bridgehead atoms. The summed E-state index contributed by atoms with van der Waals surface area (Å²) in [6, 6.07) is 11.4. The lowest BCUT2D eigenvalue weighted by Gasteiger charge is -2.40. The summed E-state index contributed by atoms with van der Waals surface area (Å²) >= 11 is 0. The summed E-state index contributed by atoms with van der Waals surface area (Å²) in [5.41, 5.74) is 1.17. The molecule has 30 heavy (non-hydrogen) atoms. The van der Waals surface area contributed by atoms with Gasteiger partial charge in [-0.1, -0.05) is 37.3 Å². The lowest BCUT2D eigenvalue weighted by molar-refractivity contribution is -0.127. The molecule has 6 nitrogen and oxygen atoms in total. The molecule has 1 amide bonds. The van der Waals surface area contributed by atoms with Crippen LogP contribution in [-0.2, 0) is 11.3 Å². The fraction of sp³-hybridized carbons (Fsp3) is 0.667. The minimum Gasteiger partial charge on any atom is -0.354 e. The molecule has 2 fully saturated rings. The molecule has 1 aliphatic carbocycles. The molecule has 0 aromatic heterocycles. The number of benzene rings is 1. The van der Waals surface area contributed by atoms with Gasteiger partial charge in [-0.25, -0.2) is 4.99 Å². The lowest BCUT2D eigenvalue weighted by atomic mass is 9.88. The third kappa shape index (κ3) is 7.01. The number of guanidine groups is 1. The molecule has 1 saturated heterocycles. The Hall–Kier alpha value is -2.08. The second-order valence-electron chi connectivity index (χ2n) is 9.16. The van der Waals surface area contributed by atoms with E-state index in [4.69, 9.17) is 4.99 Å². The predicted octanol–water partition coefficient (Wildman–Crippen LogP) is 2.85. The minimum atomic E-state index is 0.0484. The van der Waals surface area contributed by atoms with Gasteiger partial charge in [0.25, 0.3) is 0 Å². The number of hydrogen-bond acceptors (Lipinski definition) is 3. The summed E-state index contributed by atoms with van der Waals surface area (Å²) in [5, 5.41) is 6.84. The highest BCUT2D eigenvalue weighted by molar-refractivity contribution is 5.86. The Morgan fingerprint density at radius 3 is 2.37 bits per heavy atom. The Labute approximate surface area is 182 Å². The van der Waals surface area contributed by atoms with Crippen LogP contribution < -0.4 is 10.6 Å². The van der Waals surface area contributed by atoms with E-state index in [1.807, 2.05) is 18.2 Å². The van der Waals surface area contributed by atoms with Gasteiger partial charge < -0.3 is 20.4 Å². The van der Waals surface area contributed by atoms with Gasteiger partial charge >= 0.3 is 0 Å². The molecule has 1 aliphatic heterocycles.